The first-order valence-corrected chi connectivity index (χ1v) is 7.88. The van der Waals surface area contributed by atoms with Crippen LogP contribution in [0.2, 0.25) is 0 Å². The lowest BCUT2D eigenvalue weighted by molar-refractivity contribution is -0.0588. The van der Waals surface area contributed by atoms with Crippen molar-refractivity contribution in [1.82, 2.24) is 4.90 Å². The molecule has 1 N–H and O–H groups in total. The summed E-state index contributed by atoms with van der Waals surface area (Å²) in [6.45, 7) is 2.59. The van der Waals surface area contributed by atoms with Crippen LogP contribution in [0.3, 0.4) is 0 Å². The van der Waals surface area contributed by atoms with Crippen molar-refractivity contribution in [3.8, 4) is 5.75 Å². The van der Waals surface area contributed by atoms with Gasteiger partial charge in [-0.2, -0.15) is 0 Å². The molecule has 2 atom stereocenters. The molecule has 4 rings (SSSR count). The van der Waals surface area contributed by atoms with Crippen molar-refractivity contribution in [2.45, 2.75) is 38.0 Å². The second-order valence-electron chi connectivity index (χ2n) is 6.16. The maximum atomic E-state index is 10.3. The number of benzene rings is 2. The fourth-order valence-corrected chi connectivity index (χ4v) is 3.90. The number of nitrogens with zero attached hydrogens (tertiary/aromatic N) is 1. The van der Waals surface area contributed by atoms with Crippen molar-refractivity contribution in [3.63, 3.8) is 0 Å². The van der Waals surface area contributed by atoms with Crippen LogP contribution in [-0.4, -0.2) is 35.3 Å². The van der Waals surface area contributed by atoms with Gasteiger partial charge < -0.3 is 9.84 Å². The van der Waals surface area contributed by atoms with Crippen molar-refractivity contribution in [1.29, 1.82) is 0 Å². The Hall–Kier alpha value is -1.58. The van der Waals surface area contributed by atoms with Crippen LogP contribution in [0.1, 0.15) is 24.8 Å². The van der Waals surface area contributed by atoms with E-state index in [0.29, 0.717) is 17.9 Å². The minimum atomic E-state index is 0.399. The lowest BCUT2D eigenvalue weighted by atomic mass is 10.0. The Morgan fingerprint density at radius 3 is 3.00 bits per heavy atom. The summed E-state index contributed by atoms with van der Waals surface area (Å²) in [6.07, 6.45) is 4.06. The summed E-state index contributed by atoms with van der Waals surface area (Å²) in [7, 11) is 0. The number of morpholine rings is 1. The molecule has 0 radical (unpaired) electrons. The lowest BCUT2D eigenvalue weighted by Crippen LogP contribution is -2.47. The molecule has 2 aliphatic rings. The molecular formula is C18H21NO2. The highest BCUT2D eigenvalue weighted by molar-refractivity contribution is 5.87. The monoisotopic (exact) mass is 283 g/mol. The van der Waals surface area contributed by atoms with Gasteiger partial charge in [0, 0.05) is 24.7 Å². The number of hydrogen-bond acceptors (Lipinski definition) is 3. The molecule has 0 spiro atoms. The van der Waals surface area contributed by atoms with Crippen molar-refractivity contribution < 1.29 is 9.84 Å². The van der Waals surface area contributed by atoms with E-state index in [1.807, 2.05) is 24.3 Å². The molecule has 2 fully saturated rings. The first kappa shape index (κ1) is 13.1. The van der Waals surface area contributed by atoms with E-state index in [1.165, 1.54) is 30.0 Å². The van der Waals surface area contributed by atoms with Gasteiger partial charge in [-0.1, -0.05) is 30.3 Å². The van der Waals surface area contributed by atoms with Crippen LogP contribution in [0.25, 0.3) is 10.8 Å². The number of phenols is 1. The number of rotatable bonds is 2. The normalized spacial score (nSPS) is 26.1. The Morgan fingerprint density at radius 2 is 2.05 bits per heavy atom. The van der Waals surface area contributed by atoms with Gasteiger partial charge in [-0.15, -0.1) is 0 Å². The van der Waals surface area contributed by atoms with E-state index in [4.69, 9.17) is 4.74 Å². The van der Waals surface area contributed by atoms with Gasteiger partial charge in [-0.3, -0.25) is 4.90 Å². The van der Waals surface area contributed by atoms with Gasteiger partial charge in [-0.05, 0) is 36.1 Å². The molecule has 0 amide bonds. The van der Waals surface area contributed by atoms with E-state index < -0.39 is 0 Å². The van der Waals surface area contributed by atoms with E-state index in [0.717, 1.165) is 25.3 Å². The zero-order valence-electron chi connectivity index (χ0n) is 12.2. The Morgan fingerprint density at radius 1 is 1.14 bits per heavy atom. The van der Waals surface area contributed by atoms with E-state index in [2.05, 4.69) is 17.0 Å². The molecule has 1 aliphatic heterocycles. The average molecular weight is 283 g/mol. The van der Waals surface area contributed by atoms with Gasteiger partial charge in [0.15, 0.2) is 0 Å². The van der Waals surface area contributed by atoms with Crippen molar-refractivity contribution in [3.05, 3.63) is 42.0 Å². The Bertz CT molecular complexity index is 655. The number of phenolic OH excluding ortho intramolecular Hbond substituents is 1. The molecule has 0 aromatic heterocycles. The van der Waals surface area contributed by atoms with Gasteiger partial charge in [-0.25, -0.2) is 0 Å². The predicted octanol–water partition coefficient (Wildman–Crippen LogP) is 3.30. The summed E-state index contributed by atoms with van der Waals surface area (Å²) < 4.78 is 5.88. The van der Waals surface area contributed by atoms with Crippen LogP contribution in [0.4, 0.5) is 0 Å². The average Bonchev–Trinajstić information content (AvgIpc) is 2.99. The van der Waals surface area contributed by atoms with Crippen LogP contribution in [-0.2, 0) is 11.3 Å². The van der Waals surface area contributed by atoms with Crippen LogP contribution in [0, 0.1) is 0 Å². The molecule has 1 saturated carbocycles. The zero-order chi connectivity index (χ0) is 14.2. The molecule has 2 unspecified atom stereocenters. The molecule has 1 saturated heterocycles. The van der Waals surface area contributed by atoms with E-state index in [1.54, 1.807) is 0 Å². The summed E-state index contributed by atoms with van der Waals surface area (Å²) in [6, 6.07) is 12.6. The Kier molecular flexibility index (Phi) is 3.32. The minimum absolute atomic E-state index is 0.399. The Labute approximate surface area is 125 Å². The lowest BCUT2D eigenvalue weighted by Gasteiger charge is -2.38. The number of hydrogen-bond donors (Lipinski definition) is 1. The maximum Gasteiger partial charge on any atom is 0.120 e. The van der Waals surface area contributed by atoms with Crippen LogP contribution in [0.5, 0.6) is 5.75 Å². The predicted molar refractivity (Wildman–Crippen MR) is 83.4 cm³/mol. The molecule has 3 heteroatoms. The van der Waals surface area contributed by atoms with E-state index in [-0.39, 0.29) is 0 Å². The molecule has 0 bridgehead atoms. The highest BCUT2D eigenvalue weighted by atomic mass is 16.5. The zero-order valence-corrected chi connectivity index (χ0v) is 12.2. The van der Waals surface area contributed by atoms with Gasteiger partial charge in [0.1, 0.15) is 5.75 Å². The molecule has 2 aromatic carbocycles. The first-order valence-electron chi connectivity index (χ1n) is 7.88. The van der Waals surface area contributed by atoms with Crippen molar-refractivity contribution in [2.24, 2.45) is 0 Å². The standard InChI is InChI=1S/C18H21NO2/c20-17-9-8-13-4-1-2-5-14(13)15(17)12-19-10-11-21-18-7-3-6-16(18)19/h1-2,4-5,8-9,16,18,20H,3,6-7,10-12H2. The largest absolute Gasteiger partial charge is 0.508 e. The molecule has 3 nitrogen and oxygen atoms in total. The summed E-state index contributed by atoms with van der Waals surface area (Å²) >= 11 is 0. The minimum Gasteiger partial charge on any atom is -0.508 e. The second kappa shape index (κ2) is 5.32. The fourth-order valence-electron chi connectivity index (χ4n) is 3.90. The van der Waals surface area contributed by atoms with Crippen LogP contribution >= 0.6 is 0 Å². The summed E-state index contributed by atoms with van der Waals surface area (Å²) in [4.78, 5) is 2.50. The Balaban J connectivity index is 1.69. The number of fused-ring (bicyclic) bond motifs is 2. The highest BCUT2D eigenvalue weighted by Crippen LogP contribution is 2.34. The molecule has 2 aromatic rings. The van der Waals surface area contributed by atoms with Crippen LogP contribution < -0.4 is 0 Å². The van der Waals surface area contributed by atoms with Gasteiger partial charge in [0.25, 0.3) is 0 Å². The van der Waals surface area contributed by atoms with Crippen molar-refractivity contribution >= 4 is 10.8 Å². The summed E-state index contributed by atoms with van der Waals surface area (Å²) in [5.74, 6) is 0.412. The van der Waals surface area contributed by atoms with Crippen molar-refractivity contribution in [2.75, 3.05) is 13.2 Å². The van der Waals surface area contributed by atoms with E-state index in [9.17, 15) is 5.11 Å². The van der Waals surface area contributed by atoms with Gasteiger partial charge in [0.2, 0.25) is 0 Å². The first-order chi connectivity index (χ1) is 10.3. The van der Waals surface area contributed by atoms with Gasteiger partial charge >= 0.3 is 0 Å². The quantitative estimate of drug-likeness (QED) is 0.918. The number of ether oxygens (including phenoxy) is 1. The summed E-state index contributed by atoms with van der Waals surface area (Å²) in [5.41, 5.74) is 1.06. The molecule has 1 aliphatic carbocycles. The molecule has 1 heterocycles. The van der Waals surface area contributed by atoms with E-state index >= 15 is 0 Å². The molecule has 21 heavy (non-hydrogen) atoms. The van der Waals surface area contributed by atoms with Gasteiger partial charge in [0.05, 0.1) is 12.7 Å². The summed E-state index contributed by atoms with van der Waals surface area (Å²) in [5, 5.41) is 12.7. The third-order valence-corrected chi connectivity index (χ3v) is 4.97. The topological polar surface area (TPSA) is 32.7 Å². The smallest absolute Gasteiger partial charge is 0.120 e. The maximum absolute atomic E-state index is 10.3. The SMILES string of the molecule is Oc1ccc2ccccc2c1CN1CCOC2CCCC21. The fraction of sp³-hybridized carbons (Fsp3) is 0.444. The second-order valence-corrected chi connectivity index (χ2v) is 6.16. The molecular weight excluding hydrogens is 262 g/mol. The third kappa shape index (κ3) is 2.30. The third-order valence-electron chi connectivity index (χ3n) is 4.97. The highest BCUT2D eigenvalue weighted by Gasteiger charge is 2.36. The van der Waals surface area contributed by atoms with Crippen LogP contribution in [0.15, 0.2) is 36.4 Å². The molecule has 110 valence electrons. The number of aromatic hydroxyl groups is 1.